The van der Waals surface area contributed by atoms with Crippen LogP contribution in [0.4, 0.5) is 8.78 Å². The standard InChI is InChI=1S/C12H10F2.C2H6/c1-7-3-4-10-9(5-7)6-11(13)8(2)12(10)14;1-2/h3-6H,1-2H3;1-2H3. The molecular weight excluding hydrogens is 206 g/mol. The average molecular weight is 222 g/mol. The number of hydrogen-bond donors (Lipinski definition) is 0. The molecule has 0 aliphatic rings. The van der Waals surface area contributed by atoms with E-state index in [0.717, 1.165) is 5.56 Å². The second-order valence-electron chi connectivity index (χ2n) is 3.52. The molecule has 2 rings (SSSR count). The van der Waals surface area contributed by atoms with Crippen LogP contribution in [0.3, 0.4) is 0 Å². The Morgan fingerprint density at radius 2 is 1.56 bits per heavy atom. The summed E-state index contributed by atoms with van der Waals surface area (Å²) < 4.78 is 26.8. The zero-order chi connectivity index (χ0) is 12.3. The molecule has 0 nitrogen and oxygen atoms in total. The molecule has 0 radical (unpaired) electrons. The zero-order valence-corrected chi connectivity index (χ0v) is 10.1. The second-order valence-corrected chi connectivity index (χ2v) is 3.52. The summed E-state index contributed by atoms with van der Waals surface area (Å²) >= 11 is 0. The highest BCUT2D eigenvalue weighted by Crippen LogP contribution is 2.24. The highest BCUT2D eigenvalue weighted by atomic mass is 19.1. The highest BCUT2D eigenvalue weighted by molar-refractivity contribution is 5.84. The van der Waals surface area contributed by atoms with E-state index < -0.39 is 11.6 Å². The fourth-order valence-electron chi connectivity index (χ4n) is 1.55. The lowest BCUT2D eigenvalue weighted by Gasteiger charge is -2.04. The van der Waals surface area contributed by atoms with Crippen LogP contribution in [0.1, 0.15) is 25.0 Å². The summed E-state index contributed by atoms with van der Waals surface area (Å²) in [5.41, 5.74) is 1.08. The minimum absolute atomic E-state index is 0.0846. The van der Waals surface area contributed by atoms with Gasteiger partial charge in [-0.05, 0) is 25.3 Å². The molecule has 0 N–H and O–H groups in total. The van der Waals surface area contributed by atoms with Crippen LogP contribution >= 0.6 is 0 Å². The van der Waals surface area contributed by atoms with Crippen LogP contribution in [0.5, 0.6) is 0 Å². The van der Waals surface area contributed by atoms with Crippen LogP contribution in [0, 0.1) is 25.5 Å². The monoisotopic (exact) mass is 222 g/mol. The Bertz CT molecular complexity index is 502. The molecule has 0 unspecified atom stereocenters. The van der Waals surface area contributed by atoms with Gasteiger partial charge < -0.3 is 0 Å². The van der Waals surface area contributed by atoms with Crippen molar-refractivity contribution in [2.45, 2.75) is 27.7 Å². The van der Waals surface area contributed by atoms with Crippen molar-refractivity contribution in [2.24, 2.45) is 0 Å². The maximum absolute atomic E-state index is 13.6. The fourth-order valence-corrected chi connectivity index (χ4v) is 1.55. The summed E-state index contributed by atoms with van der Waals surface area (Å²) in [6.45, 7) is 7.35. The average Bonchev–Trinajstić information content (AvgIpc) is 2.28. The molecule has 0 aliphatic heterocycles. The molecule has 0 saturated heterocycles. The van der Waals surface area contributed by atoms with Gasteiger partial charge in [0, 0.05) is 10.9 Å². The van der Waals surface area contributed by atoms with Gasteiger partial charge >= 0.3 is 0 Å². The zero-order valence-electron chi connectivity index (χ0n) is 10.1. The first-order valence-corrected chi connectivity index (χ1v) is 5.44. The summed E-state index contributed by atoms with van der Waals surface area (Å²) in [7, 11) is 0. The number of rotatable bonds is 0. The van der Waals surface area contributed by atoms with E-state index in [1.165, 1.54) is 13.0 Å². The molecule has 0 aliphatic carbocycles. The van der Waals surface area contributed by atoms with Crippen molar-refractivity contribution in [3.05, 3.63) is 47.0 Å². The largest absolute Gasteiger partial charge is 0.207 e. The Morgan fingerprint density at radius 3 is 2.19 bits per heavy atom. The molecule has 0 heterocycles. The third-order valence-corrected chi connectivity index (χ3v) is 2.41. The quantitative estimate of drug-likeness (QED) is 0.602. The van der Waals surface area contributed by atoms with E-state index >= 15 is 0 Å². The van der Waals surface area contributed by atoms with Crippen molar-refractivity contribution >= 4 is 10.8 Å². The predicted octanol–water partition coefficient (Wildman–Crippen LogP) is 4.76. The topological polar surface area (TPSA) is 0 Å². The van der Waals surface area contributed by atoms with Gasteiger partial charge in [-0.1, -0.05) is 37.6 Å². The summed E-state index contributed by atoms with van der Waals surface area (Å²) in [4.78, 5) is 0. The van der Waals surface area contributed by atoms with Gasteiger partial charge in [-0.15, -0.1) is 0 Å². The SMILES string of the molecule is CC.Cc1ccc2c(F)c(C)c(F)cc2c1. The fraction of sp³-hybridized carbons (Fsp3) is 0.286. The third kappa shape index (κ3) is 2.21. The Morgan fingerprint density at radius 1 is 0.938 bits per heavy atom. The summed E-state index contributed by atoms with van der Waals surface area (Å²) in [6.07, 6.45) is 0. The van der Waals surface area contributed by atoms with Crippen LogP contribution in [0.2, 0.25) is 0 Å². The van der Waals surface area contributed by atoms with Crippen molar-refractivity contribution in [1.82, 2.24) is 0 Å². The van der Waals surface area contributed by atoms with Crippen LogP contribution < -0.4 is 0 Å². The van der Waals surface area contributed by atoms with E-state index in [1.807, 2.05) is 26.8 Å². The van der Waals surface area contributed by atoms with E-state index in [2.05, 4.69) is 0 Å². The number of aryl methyl sites for hydroxylation is 1. The van der Waals surface area contributed by atoms with E-state index in [0.29, 0.717) is 10.8 Å². The smallest absolute Gasteiger partial charge is 0.136 e. The Kier molecular flexibility index (Phi) is 3.99. The molecule has 0 bridgehead atoms. The number of benzene rings is 2. The molecule has 0 saturated carbocycles. The Labute approximate surface area is 94.9 Å². The summed E-state index contributed by atoms with van der Waals surface area (Å²) in [5, 5.41) is 1.10. The molecule has 86 valence electrons. The maximum atomic E-state index is 13.6. The molecule has 16 heavy (non-hydrogen) atoms. The molecule has 0 amide bonds. The van der Waals surface area contributed by atoms with Crippen LogP contribution in [-0.4, -0.2) is 0 Å². The van der Waals surface area contributed by atoms with E-state index in [9.17, 15) is 8.78 Å². The lowest BCUT2D eigenvalue weighted by Crippen LogP contribution is -1.90. The van der Waals surface area contributed by atoms with Gasteiger partial charge in [0.2, 0.25) is 0 Å². The van der Waals surface area contributed by atoms with Crippen molar-refractivity contribution in [3.63, 3.8) is 0 Å². The first-order valence-electron chi connectivity index (χ1n) is 5.44. The van der Waals surface area contributed by atoms with Crippen molar-refractivity contribution in [2.75, 3.05) is 0 Å². The second kappa shape index (κ2) is 5.06. The van der Waals surface area contributed by atoms with Crippen molar-refractivity contribution < 1.29 is 8.78 Å². The number of halogens is 2. The Balaban J connectivity index is 0.000000606. The van der Waals surface area contributed by atoms with E-state index in [1.54, 1.807) is 12.1 Å². The lowest BCUT2D eigenvalue weighted by molar-refractivity contribution is 0.577. The van der Waals surface area contributed by atoms with Crippen LogP contribution in [0.25, 0.3) is 10.8 Å². The molecule has 2 aromatic rings. The van der Waals surface area contributed by atoms with Gasteiger partial charge in [-0.25, -0.2) is 8.78 Å². The molecule has 0 spiro atoms. The normalized spacial score (nSPS) is 9.88. The van der Waals surface area contributed by atoms with Gasteiger partial charge in [-0.3, -0.25) is 0 Å². The molecule has 2 aromatic carbocycles. The van der Waals surface area contributed by atoms with Gasteiger partial charge in [0.1, 0.15) is 11.6 Å². The maximum Gasteiger partial charge on any atom is 0.136 e. The van der Waals surface area contributed by atoms with Gasteiger partial charge in [-0.2, -0.15) is 0 Å². The number of fused-ring (bicyclic) bond motifs is 1. The van der Waals surface area contributed by atoms with Crippen LogP contribution in [0.15, 0.2) is 24.3 Å². The molecule has 0 aromatic heterocycles. The Hall–Kier alpha value is -1.44. The van der Waals surface area contributed by atoms with Crippen LogP contribution in [-0.2, 0) is 0 Å². The number of hydrogen-bond acceptors (Lipinski definition) is 0. The summed E-state index contributed by atoms with van der Waals surface area (Å²) in [5.74, 6) is -0.944. The first-order chi connectivity index (χ1) is 7.59. The van der Waals surface area contributed by atoms with E-state index in [4.69, 9.17) is 0 Å². The van der Waals surface area contributed by atoms with Gasteiger partial charge in [0.25, 0.3) is 0 Å². The van der Waals surface area contributed by atoms with Crippen molar-refractivity contribution in [1.29, 1.82) is 0 Å². The third-order valence-electron chi connectivity index (χ3n) is 2.41. The van der Waals surface area contributed by atoms with E-state index in [-0.39, 0.29) is 5.56 Å². The molecular formula is C14H16F2. The molecule has 2 heteroatoms. The molecule has 0 atom stereocenters. The minimum Gasteiger partial charge on any atom is -0.207 e. The van der Waals surface area contributed by atoms with Gasteiger partial charge in [0.15, 0.2) is 0 Å². The minimum atomic E-state index is -0.486. The first kappa shape index (κ1) is 12.6. The predicted molar refractivity (Wildman–Crippen MR) is 64.7 cm³/mol. The van der Waals surface area contributed by atoms with Gasteiger partial charge in [0.05, 0.1) is 0 Å². The molecule has 0 fully saturated rings. The van der Waals surface area contributed by atoms with Crippen molar-refractivity contribution in [3.8, 4) is 0 Å². The lowest BCUT2D eigenvalue weighted by atomic mass is 10.0. The summed E-state index contributed by atoms with van der Waals surface area (Å²) in [6, 6.07) is 6.66. The highest BCUT2D eigenvalue weighted by Gasteiger charge is 2.09.